The van der Waals surface area contributed by atoms with Gasteiger partial charge in [0.1, 0.15) is 24.1 Å². The van der Waals surface area contributed by atoms with Crippen molar-refractivity contribution in [1.29, 1.82) is 0 Å². The molecule has 1 aliphatic carbocycles. The lowest BCUT2D eigenvalue weighted by Gasteiger charge is -2.53. The van der Waals surface area contributed by atoms with Crippen LogP contribution in [0.5, 0.6) is 0 Å². The van der Waals surface area contributed by atoms with Crippen LogP contribution in [-0.2, 0) is 30.3 Å². The average Bonchev–Trinajstić information content (AvgIpc) is 3.62. The smallest absolute Gasteiger partial charge is 0.263 e. The molecule has 2 fully saturated rings. The Hall–Kier alpha value is -4.27. The third kappa shape index (κ3) is 4.08. The molecule has 13 nitrogen and oxygen atoms in total. The summed E-state index contributed by atoms with van der Waals surface area (Å²) in [6.07, 6.45) is -3.72. The van der Waals surface area contributed by atoms with E-state index in [9.17, 15) is 34.5 Å². The average molecular weight is 604 g/mol. The maximum Gasteiger partial charge on any atom is 0.263 e. The van der Waals surface area contributed by atoms with Crippen LogP contribution in [0.25, 0.3) is 17.2 Å². The summed E-state index contributed by atoms with van der Waals surface area (Å²) >= 11 is 0. The number of aliphatic imine (C=N–C) groups is 1. The highest BCUT2D eigenvalue weighted by Crippen LogP contribution is 2.43. The highest BCUT2D eigenvalue weighted by molar-refractivity contribution is 6.18. The van der Waals surface area contributed by atoms with E-state index in [0.29, 0.717) is 6.42 Å². The van der Waals surface area contributed by atoms with Crippen LogP contribution in [0.15, 0.2) is 53.5 Å². The standard InChI is InChI=1S/C31H33N5O8/c1-15(38)30-28(43)34-31(32,16(2)39)36(17(3)40)29(30)35(27-26(42)25(41)23(14-37)44-27)24(33-30)12-11-18-8-6-10-21-20-9-5-4-7-19(20)13-22(18)21/h4-12,23,25-27,29,37,41-42H,13-14,32H2,1-3H3,(H,34,43)/t23-,25?,26?,27-,29?,30?,31?/m1/s1. The van der Waals surface area contributed by atoms with Gasteiger partial charge >= 0.3 is 0 Å². The number of amidine groups is 1. The fourth-order valence-electron chi connectivity index (χ4n) is 6.73. The Morgan fingerprint density at radius 2 is 1.75 bits per heavy atom. The molecular formula is C31H33N5O8. The van der Waals surface area contributed by atoms with Crippen molar-refractivity contribution in [3.63, 3.8) is 0 Å². The molecule has 2 aromatic rings. The molecule has 3 aliphatic heterocycles. The number of aliphatic hydroxyl groups excluding tert-OH is 3. The molecule has 2 saturated heterocycles. The third-order valence-corrected chi connectivity index (χ3v) is 8.97. The largest absolute Gasteiger partial charge is 0.394 e. The van der Waals surface area contributed by atoms with E-state index < -0.39 is 72.0 Å². The first kappa shape index (κ1) is 29.8. The van der Waals surface area contributed by atoms with Crippen molar-refractivity contribution >= 4 is 35.3 Å². The van der Waals surface area contributed by atoms with Crippen LogP contribution in [-0.4, -0.2) is 103 Å². The van der Waals surface area contributed by atoms with Crippen molar-refractivity contribution < 1.29 is 39.2 Å². The maximum absolute atomic E-state index is 13.8. The van der Waals surface area contributed by atoms with Crippen molar-refractivity contribution in [2.24, 2.45) is 10.7 Å². The fraction of sp³-hybridized carbons (Fsp3) is 0.387. The van der Waals surface area contributed by atoms with Crippen LogP contribution in [0.2, 0.25) is 0 Å². The number of nitrogens with two attached hydrogens (primary N) is 1. The zero-order valence-corrected chi connectivity index (χ0v) is 24.3. The molecule has 3 heterocycles. The summed E-state index contributed by atoms with van der Waals surface area (Å²) < 4.78 is 5.84. The van der Waals surface area contributed by atoms with Crippen LogP contribution in [0.3, 0.4) is 0 Å². The number of fused-ring (bicyclic) bond motifs is 4. The molecule has 0 bridgehead atoms. The van der Waals surface area contributed by atoms with Crippen LogP contribution in [0, 0.1) is 0 Å². The van der Waals surface area contributed by atoms with Crippen molar-refractivity contribution in [3.8, 4) is 11.1 Å². The van der Waals surface area contributed by atoms with Crippen molar-refractivity contribution in [1.82, 2.24) is 15.1 Å². The molecule has 44 heavy (non-hydrogen) atoms. The molecule has 6 N–H and O–H groups in total. The lowest BCUT2D eigenvalue weighted by molar-refractivity contribution is -0.184. The van der Waals surface area contributed by atoms with Crippen molar-refractivity contribution in [2.45, 2.75) is 69.2 Å². The van der Waals surface area contributed by atoms with E-state index in [4.69, 9.17) is 10.5 Å². The van der Waals surface area contributed by atoms with Crippen LogP contribution >= 0.6 is 0 Å². The number of ether oxygens (including phenoxy) is 1. The second-order valence-corrected chi connectivity index (χ2v) is 11.5. The second-order valence-electron chi connectivity index (χ2n) is 11.5. The molecule has 0 aromatic heterocycles. The first-order valence-electron chi connectivity index (χ1n) is 14.2. The summed E-state index contributed by atoms with van der Waals surface area (Å²) in [6.45, 7) is 2.66. The van der Waals surface area contributed by atoms with Gasteiger partial charge in [-0.2, -0.15) is 0 Å². The van der Waals surface area contributed by atoms with E-state index in [1.165, 1.54) is 11.0 Å². The molecule has 4 aliphatic rings. The molecule has 6 rings (SSSR count). The summed E-state index contributed by atoms with van der Waals surface area (Å²) in [7, 11) is 0. The van der Waals surface area contributed by atoms with Gasteiger partial charge in [0.2, 0.25) is 17.2 Å². The monoisotopic (exact) mass is 603 g/mol. The molecular weight excluding hydrogens is 570 g/mol. The number of nitrogens with one attached hydrogen (secondary N) is 1. The zero-order valence-electron chi connectivity index (χ0n) is 24.3. The number of rotatable bonds is 6. The summed E-state index contributed by atoms with van der Waals surface area (Å²) in [5.41, 5.74) is 9.25. The molecule has 0 spiro atoms. The predicted molar refractivity (Wildman–Crippen MR) is 156 cm³/mol. The number of benzene rings is 2. The van der Waals surface area contributed by atoms with Gasteiger partial charge < -0.3 is 30.3 Å². The highest BCUT2D eigenvalue weighted by atomic mass is 16.6. The van der Waals surface area contributed by atoms with E-state index in [1.807, 2.05) is 36.4 Å². The summed E-state index contributed by atoms with van der Waals surface area (Å²) in [4.78, 5) is 59.9. The minimum atomic E-state index is -2.37. The molecule has 230 valence electrons. The maximum atomic E-state index is 13.8. The van der Waals surface area contributed by atoms with E-state index in [1.54, 1.807) is 6.08 Å². The number of carbonyl (C=O) groups excluding carboxylic acids is 4. The molecule has 5 unspecified atom stereocenters. The molecule has 0 radical (unpaired) electrons. The number of aliphatic hydroxyl groups is 3. The summed E-state index contributed by atoms with van der Waals surface area (Å²) in [5, 5.41) is 33.9. The van der Waals surface area contributed by atoms with Crippen LogP contribution < -0.4 is 11.1 Å². The zero-order chi connectivity index (χ0) is 31.7. The minimum Gasteiger partial charge on any atom is -0.394 e. The normalized spacial score (nSPS) is 32.3. The molecule has 0 saturated carbocycles. The molecule has 2 amide bonds. The lowest BCUT2D eigenvalue weighted by Crippen LogP contribution is -2.86. The fourth-order valence-corrected chi connectivity index (χ4v) is 6.73. The van der Waals surface area contributed by atoms with Crippen molar-refractivity contribution in [3.05, 3.63) is 65.2 Å². The van der Waals surface area contributed by atoms with Crippen LogP contribution in [0.1, 0.15) is 37.5 Å². The highest BCUT2D eigenvalue weighted by Gasteiger charge is 2.70. The number of amides is 2. The van der Waals surface area contributed by atoms with Gasteiger partial charge in [0, 0.05) is 13.8 Å². The van der Waals surface area contributed by atoms with Crippen LogP contribution in [0.4, 0.5) is 0 Å². The first-order chi connectivity index (χ1) is 20.9. The Morgan fingerprint density at radius 1 is 1.05 bits per heavy atom. The molecule has 2 aromatic carbocycles. The van der Waals surface area contributed by atoms with E-state index >= 15 is 0 Å². The molecule has 13 heteroatoms. The summed E-state index contributed by atoms with van der Waals surface area (Å²) in [6, 6.07) is 13.9. The van der Waals surface area contributed by atoms with Gasteiger partial charge in [-0.1, -0.05) is 48.5 Å². The number of Topliss-reactive ketones (excluding diaryl/α,β-unsaturated/α-hetero) is 2. The number of nitrogens with zero attached hydrogens (tertiary/aromatic N) is 3. The van der Waals surface area contributed by atoms with E-state index in [0.717, 1.165) is 53.5 Å². The second kappa shape index (κ2) is 10.4. The first-order valence-corrected chi connectivity index (χ1v) is 14.2. The Morgan fingerprint density at radius 3 is 2.39 bits per heavy atom. The van der Waals surface area contributed by atoms with Gasteiger partial charge in [-0.05, 0) is 47.2 Å². The van der Waals surface area contributed by atoms with Gasteiger partial charge in [-0.25, -0.2) is 4.99 Å². The topological polar surface area (TPSA) is 195 Å². The number of carbonyl (C=O) groups is 4. The Labute approximate surface area is 252 Å². The Kier molecular flexibility index (Phi) is 7.06. The van der Waals surface area contributed by atoms with E-state index in [2.05, 4.69) is 16.4 Å². The SMILES string of the molecule is CC(=O)N1C2N([C@@H]3O[C@H](CO)C(O)C3O)C(C=Cc3cccc4c3Cc3ccccc3-4)=NC2(C(C)=O)C(=O)NC1(N)C(C)=O. The van der Waals surface area contributed by atoms with Crippen molar-refractivity contribution in [2.75, 3.05) is 6.61 Å². The van der Waals surface area contributed by atoms with Gasteiger partial charge in [-0.15, -0.1) is 0 Å². The Bertz CT molecular complexity index is 1660. The van der Waals surface area contributed by atoms with Gasteiger partial charge in [0.25, 0.3) is 5.91 Å². The van der Waals surface area contributed by atoms with Gasteiger partial charge in [0.15, 0.2) is 24.0 Å². The summed E-state index contributed by atoms with van der Waals surface area (Å²) in [5.74, 6) is -5.81. The third-order valence-electron chi connectivity index (χ3n) is 8.97. The van der Waals surface area contributed by atoms with E-state index in [-0.39, 0.29) is 5.84 Å². The van der Waals surface area contributed by atoms with Gasteiger partial charge in [0.05, 0.1) is 6.61 Å². The predicted octanol–water partition coefficient (Wildman–Crippen LogP) is -0.742. The molecule has 7 atom stereocenters. The Balaban J connectivity index is 1.52. The lowest BCUT2D eigenvalue weighted by atomic mass is 9.85. The quantitative estimate of drug-likeness (QED) is 0.224. The minimum absolute atomic E-state index is 0.0534. The number of hydrogen-bond acceptors (Lipinski definition) is 11. The van der Waals surface area contributed by atoms with Gasteiger partial charge in [-0.3, -0.25) is 29.8 Å². The number of hydrogen-bond donors (Lipinski definition) is 5. The number of ketones is 2.